The standard InChI is InChI=1S/C19H24N2OS/c1-13-7-9-15(10-8-13)11-17-14(2)21-18(23-17)12-20-19(22)16-5-3-4-6-16/h7-10,16H,3-6,11-12H2,1-2H3,(H,20,22). The number of nitrogens with zero attached hydrogens (tertiary/aromatic N) is 1. The SMILES string of the molecule is Cc1ccc(Cc2sc(CNC(=O)C3CCCC3)nc2C)cc1. The van der Waals surface area contributed by atoms with Crippen molar-refractivity contribution in [3.63, 3.8) is 0 Å². The van der Waals surface area contributed by atoms with Gasteiger partial charge in [-0.2, -0.15) is 0 Å². The molecule has 0 spiro atoms. The molecule has 3 nitrogen and oxygen atoms in total. The van der Waals surface area contributed by atoms with Gasteiger partial charge in [-0.25, -0.2) is 4.98 Å². The topological polar surface area (TPSA) is 42.0 Å². The van der Waals surface area contributed by atoms with E-state index >= 15 is 0 Å². The fourth-order valence-electron chi connectivity index (χ4n) is 3.11. The van der Waals surface area contributed by atoms with E-state index in [9.17, 15) is 4.79 Å². The first kappa shape index (κ1) is 16.2. The molecule has 1 heterocycles. The van der Waals surface area contributed by atoms with E-state index in [1.807, 2.05) is 0 Å². The molecule has 0 saturated heterocycles. The molecule has 0 atom stereocenters. The third-order valence-corrected chi connectivity index (χ3v) is 5.72. The lowest BCUT2D eigenvalue weighted by molar-refractivity contribution is -0.124. The van der Waals surface area contributed by atoms with E-state index in [2.05, 4.69) is 48.4 Å². The number of rotatable bonds is 5. The number of benzene rings is 1. The molecular weight excluding hydrogens is 304 g/mol. The number of nitrogens with one attached hydrogen (secondary N) is 1. The van der Waals surface area contributed by atoms with Crippen LogP contribution < -0.4 is 5.32 Å². The number of aromatic nitrogens is 1. The maximum atomic E-state index is 12.1. The minimum Gasteiger partial charge on any atom is -0.349 e. The van der Waals surface area contributed by atoms with Gasteiger partial charge in [0.25, 0.3) is 0 Å². The van der Waals surface area contributed by atoms with Crippen LogP contribution in [0.5, 0.6) is 0 Å². The molecule has 1 aromatic carbocycles. The van der Waals surface area contributed by atoms with E-state index in [0.717, 1.165) is 30.0 Å². The highest BCUT2D eigenvalue weighted by molar-refractivity contribution is 7.11. The lowest BCUT2D eigenvalue weighted by Gasteiger charge is -2.08. The first-order valence-corrected chi connectivity index (χ1v) is 9.22. The number of aryl methyl sites for hydroxylation is 2. The largest absolute Gasteiger partial charge is 0.349 e. The Morgan fingerprint density at radius 2 is 1.91 bits per heavy atom. The Bertz CT molecular complexity index is 669. The first-order chi connectivity index (χ1) is 11.1. The Balaban J connectivity index is 1.59. The van der Waals surface area contributed by atoms with Gasteiger partial charge in [0.15, 0.2) is 0 Å². The highest BCUT2D eigenvalue weighted by Crippen LogP contribution is 2.25. The van der Waals surface area contributed by atoms with Crippen LogP contribution in [0.25, 0.3) is 0 Å². The monoisotopic (exact) mass is 328 g/mol. The van der Waals surface area contributed by atoms with Crippen molar-refractivity contribution in [1.82, 2.24) is 10.3 Å². The first-order valence-electron chi connectivity index (χ1n) is 8.40. The van der Waals surface area contributed by atoms with Crippen LogP contribution >= 0.6 is 11.3 Å². The number of thiazole rings is 1. The van der Waals surface area contributed by atoms with Gasteiger partial charge in [0, 0.05) is 17.2 Å². The minimum absolute atomic E-state index is 0.204. The van der Waals surface area contributed by atoms with Crippen molar-refractivity contribution in [2.75, 3.05) is 0 Å². The second-order valence-electron chi connectivity index (χ2n) is 6.48. The lowest BCUT2D eigenvalue weighted by atomic mass is 10.1. The molecule has 122 valence electrons. The van der Waals surface area contributed by atoms with E-state index in [4.69, 9.17) is 0 Å². The zero-order valence-corrected chi connectivity index (χ0v) is 14.7. The minimum atomic E-state index is 0.204. The Labute approximate surface area is 142 Å². The summed E-state index contributed by atoms with van der Waals surface area (Å²) in [5.74, 6) is 0.429. The second-order valence-corrected chi connectivity index (χ2v) is 7.65. The summed E-state index contributed by atoms with van der Waals surface area (Å²) in [6.45, 7) is 4.73. The van der Waals surface area contributed by atoms with Gasteiger partial charge in [-0.3, -0.25) is 4.79 Å². The molecule has 0 unspecified atom stereocenters. The van der Waals surface area contributed by atoms with Crippen LogP contribution in [0, 0.1) is 19.8 Å². The summed E-state index contributed by atoms with van der Waals surface area (Å²) >= 11 is 1.72. The van der Waals surface area contributed by atoms with E-state index in [1.54, 1.807) is 11.3 Å². The van der Waals surface area contributed by atoms with E-state index in [0.29, 0.717) is 6.54 Å². The summed E-state index contributed by atoms with van der Waals surface area (Å²) in [6.07, 6.45) is 5.38. The number of hydrogen-bond donors (Lipinski definition) is 1. The van der Waals surface area contributed by atoms with Gasteiger partial charge in [-0.05, 0) is 32.3 Å². The summed E-state index contributed by atoms with van der Waals surface area (Å²) < 4.78 is 0. The highest BCUT2D eigenvalue weighted by Gasteiger charge is 2.22. The van der Waals surface area contributed by atoms with Crippen molar-refractivity contribution in [2.24, 2.45) is 5.92 Å². The van der Waals surface area contributed by atoms with Crippen molar-refractivity contribution < 1.29 is 4.79 Å². The van der Waals surface area contributed by atoms with Crippen molar-refractivity contribution in [3.05, 3.63) is 51.0 Å². The van der Waals surface area contributed by atoms with Crippen LogP contribution in [0.4, 0.5) is 0 Å². The van der Waals surface area contributed by atoms with Gasteiger partial charge in [0.1, 0.15) is 5.01 Å². The molecule has 0 radical (unpaired) electrons. The molecule has 0 bridgehead atoms. The maximum absolute atomic E-state index is 12.1. The van der Waals surface area contributed by atoms with Crippen molar-refractivity contribution >= 4 is 17.2 Å². The van der Waals surface area contributed by atoms with Gasteiger partial charge in [-0.1, -0.05) is 42.7 Å². The Morgan fingerprint density at radius 1 is 1.22 bits per heavy atom. The summed E-state index contributed by atoms with van der Waals surface area (Å²) in [5.41, 5.74) is 3.68. The molecule has 4 heteroatoms. The molecule has 0 aliphatic heterocycles. The van der Waals surface area contributed by atoms with Crippen molar-refractivity contribution in [3.8, 4) is 0 Å². The van der Waals surface area contributed by atoms with Crippen LogP contribution in [0.2, 0.25) is 0 Å². The molecule has 1 amide bonds. The van der Waals surface area contributed by atoms with Gasteiger partial charge < -0.3 is 5.32 Å². The van der Waals surface area contributed by atoms with Gasteiger partial charge >= 0.3 is 0 Å². The van der Waals surface area contributed by atoms with Crippen molar-refractivity contribution in [1.29, 1.82) is 0 Å². The van der Waals surface area contributed by atoms with Crippen LogP contribution in [-0.4, -0.2) is 10.9 Å². The summed E-state index contributed by atoms with van der Waals surface area (Å²) in [5, 5.41) is 4.07. The summed E-state index contributed by atoms with van der Waals surface area (Å²) in [7, 11) is 0. The van der Waals surface area contributed by atoms with E-state index < -0.39 is 0 Å². The Morgan fingerprint density at radius 3 is 2.61 bits per heavy atom. The third kappa shape index (κ3) is 4.20. The smallest absolute Gasteiger partial charge is 0.223 e. The van der Waals surface area contributed by atoms with E-state index in [1.165, 1.54) is 28.8 Å². The van der Waals surface area contributed by atoms with Gasteiger partial charge in [0.05, 0.1) is 12.2 Å². The van der Waals surface area contributed by atoms with Crippen LogP contribution in [0.15, 0.2) is 24.3 Å². The Kier molecular flexibility index (Phi) is 5.11. The molecule has 1 fully saturated rings. The highest BCUT2D eigenvalue weighted by atomic mass is 32.1. The van der Waals surface area contributed by atoms with Gasteiger partial charge in [0.2, 0.25) is 5.91 Å². The summed E-state index contributed by atoms with van der Waals surface area (Å²) in [4.78, 5) is 18.0. The maximum Gasteiger partial charge on any atom is 0.223 e. The fourth-order valence-corrected chi connectivity index (χ4v) is 4.16. The number of amides is 1. The molecule has 3 rings (SSSR count). The average molecular weight is 328 g/mol. The molecule has 1 saturated carbocycles. The Hall–Kier alpha value is -1.68. The van der Waals surface area contributed by atoms with Gasteiger partial charge in [-0.15, -0.1) is 11.3 Å². The molecule has 1 aliphatic rings. The predicted molar refractivity (Wildman–Crippen MR) is 94.6 cm³/mol. The van der Waals surface area contributed by atoms with Crippen LogP contribution in [0.1, 0.15) is 52.4 Å². The number of carbonyl (C=O) groups excluding carboxylic acids is 1. The quantitative estimate of drug-likeness (QED) is 0.895. The molecular formula is C19H24N2OS. The molecule has 2 aromatic rings. The average Bonchev–Trinajstić information content (AvgIpc) is 3.18. The van der Waals surface area contributed by atoms with Crippen LogP contribution in [0.3, 0.4) is 0 Å². The number of carbonyl (C=O) groups is 1. The normalized spacial score (nSPS) is 15.0. The van der Waals surface area contributed by atoms with Crippen LogP contribution in [-0.2, 0) is 17.8 Å². The fraction of sp³-hybridized carbons (Fsp3) is 0.474. The second kappa shape index (κ2) is 7.26. The molecule has 1 N–H and O–H groups in total. The molecule has 23 heavy (non-hydrogen) atoms. The third-order valence-electron chi connectivity index (χ3n) is 4.56. The lowest BCUT2D eigenvalue weighted by Crippen LogP contribution is -2.28. The molecule has 1 aliphatic carbocycles. The summed E-state index contributed by atoms with van der Waals surface area (Å²) in [6, 6.07) is 8.65. The molecule has 1 aromatic heterocycles. The van der Waals surface area contributed by atoms with Crippen molar-refractivity contribution in [2.45, 2.75) is 52.5 Å². The predicted octanol–water partition coefficient (Wildman–Crippen LogP) is 4.16. The zero-order chi connectivity index (χ0) is 16.2. The van der Waals surface area contributed by atoms with E-state index in [-0.39, 0.29) is 11.8 Å². The zero-order valence-electron chi connectivity index (χ0n) is 13.9. The number of hydrogen-bond acceptors (Lipinski definition) is 3.